The van der Waals surface area contributed by atoms with Gasteiger partial charge in [-0.2, -0.15) is 0 Å². The maximum Gasteiger partial charge on any atom is 0.293 e. The van der Waals surface area contributed by atoms with E-state index in [-0.39, 0.29) is 16.3 Å². The molecule has 0 saturated carbocycles. The van der Waals surface area contributed by atoms with Gasteiger partial charge in [-0.3, -0.25) is 15.1 Å². The molecular weight excluding hydrogens is 394 g/mol. The third-order valence-corrected chi connectivity index (χ3v) is 5.24. The number of ether oxygens (including phenoxy) is 1. The zero-order chi connectivity index (χ0) is 20.9. The predicted octanol–water partition coefficient (Wildman–Crippen LogP) is 3.58. The average molecular weight is 413 g/mol. The van der Waals surface area contributed by atoms with Crippen LogP contribution in [-0.4, -0.2) is 24.6 Å². The van der Waals surface area contributed by atoms with Gasteiger partial charge in [0.25, 0.3) is 5.69 Å². The summed E-state index contributed by atoms with van der Waals surface area (Å²) in [5.74, 6) is 0.695. The number of nitrogens with zero attached hydrogens (tertiary/aromatic N) is 2. The largest absolute Gasteiger partial charge is 0.489 e. The highest BCUT2D eigenvalue weighted by atomic mass is 32.2. The van der Waals surface area contributed by atoms with Crippen molar-refractivity contribution in [1.82, 2.24) is 4.98 Å². The van der Waals surface area contributed by atoms with E-state index in [1.54, 1.807) is 12.4 Å². The van der Waals surface area contributed by atoms with Crippen molar-refractivity contribution in [2.45, 2.75) is 18.0 Å². The van der Waals surface area contributed by atoms with Crippen LogP contribution in [0.15, 0.2) is 71.9 Å². The average Bonchev–Trinajstić information content (AvgIpc) is 2.71. The Labute approximate surface area is 168 Å². The van der Waals surface area contributed by atoms with E-state index in [0.29, 0.717) is 18.9 Å². The van der Waals surface area contributed by atoms with Gasteiger partial charge in [0.2, 0.25) is 0 Å². The lowest BCUT2D eigenvalue weighted by Crippen LogP contribution is -2.05. The molecule has 0 aliphatic carbocycles. The van der Waals surface area contributed by atoms with Crippen molar-refractivity contribution in [2.24, 2.45) is 0 Å². The van der Waals surface area contributed by atoms with Gasteiger partial charge in [-0.15, -0.1) is 0 Å². The van der Waals surface area contributed by atoms with Gasteiger partial charge in [-0.1, -0.05) is 18.2 Å². The molecule has 0 aliphatic rings. The number of benzene rings is 2. The van der Waals surface area contributed by atoms with E-state index in [1.165, 1.54) is 12.1 Å². The molecule has 0 bridgehead atoms. The van der Waals surface area contributed by atoms with Crippen LogP contribution in [0.5, 0.6) is 5.75 Å². The fourth-order valence-electron chi connectivity index (χ4n) is 2.59. The molecule has 0 radical (unpaired) electrons. The molecule has 0 amide bonds. The summed E-state index contributed by atoms with van der Waals surface area (Å²) in [5, 5.41) is 14.3. The second kappa shape index (κ2) is 8.70. The van der Waals surface area contributed by atoms with E-state index >= 15 is 0 Å². The minimum absolute atomic E-state index is 0.0927. The van der Waals surface area contributed by atoms with E-state index < -0.39 is 14.8 Å². The predicted molar refractivity (Wildman–Crippen MR) is 109 cm³/mol. The standard InChI is InChI=1S/C20H19N3O5S/c1-29(26,27)18-8-9-19(20(11-18)23(24)25)22-13-15-4-6-17(7-5-15)28-14-16-3-2-10-21-12-16/h2-12,22H,13-14H2,1H3. The highest BCUT2D eigenvalue weighted by molar-refractivity contribution is 7.90. The summed E-state index contributed by atoms with van der Waals surface area (Å²) in [6.07, 6.45) is 4.45. The number of pyridine rings is 1. The molecule has 29 heavy (non-hydrogen) atoms. The number of aromatic nitrogens is 1. The first-order valence-corrected chi connectivity index (χ1v) is 10.5. The van der Waals surface area contributed by atoms with Crippen molar-refractivity contribution in [1.29, 1.82) is 0 Å². The Morgan fingerprint density at radius 3 is 2.48 bits per heavy atom. The van der Waals surface area contributed by atoms with Gasteiger partial charge in [0.05, 0.1) is 9.82 Å². The molecule has 0 spiro atoms. The Hall–Kier alpha value is -3.46. The highest BCUT2D eigenvalue weighted by Crippen LogP contribution is 2.28. The lowest BCUT2D eigenvalue weighted by atomic mass is 10.2. The molecule has 150 valence electrons. The van der Waals surface area contributed by atoms with Crippen molar-refractivity contribution < 1.29 is 18.1 Å². The third kappa shape index (κ3) is 5.52. The molecule has 9 heteroatoms. The lowest BCUT2D eigenvalue weighted by Gasteiger charge is -2.10. The first-order valence-electron chi connectivity index (χ1n) is 8.66. The monoisotopic (exact) mass is 413 g/mol. The molecule has 0 fully saturated rings. The zero-order valence-corrected chi connectivity index (χ0v) is 16.4. The number of hydrogen-bond donors (Lipinski definition) is 1. The van der Waals surface area contributed by atoms with Gasteiger partial charge < -0.3 is 10.1 Å². The van der Waals surface area contributed by atoms with Crippen LogP contribution in [0.2, 0.25) is 0 Å². The Morgan fingerprint density at radius 2 is 1.86 bits per heavy atom. The zero-order valence-electron chi connectivity index (χ0n) is 15.6. The molecule has 2 aromatic carbocycles. The fourth-order valence-corrected chi connectivity index (χ4v) is 3.23. The molecule has 3 rings (SSSR count). The Kier molecular flexibility index (Phi) is 6.08. The molecule has 0 saturated heterocycles. The summed E-state index contributed by atoms with van der Waals surface area (Å²) < 4.78 is 28.9. The highest BCUT2D eigenvalue weighted by Gasteiger charge is 2.18. The van der Waals surface area contributed by atoms with Gasteiger partial charge in [0.1, 0.15) is 18.0 Å². The number of sulfone groups is 1. The van der Waals surface area contributed by atoms with Crippen LogP contribution in [0, 0.1) is 10.1 Å². The normalized spacial score (nSPS) is 11.1. The summed E-state index contributed by atoms with van der Waals surface area (Å²) in [6.45, 7) is 0.742. The molecular formula is C20H19N3O5S. The third-order valence-electron chi connectivity index (χ3n) is 4.13. The summed E-state index contributed by atoms with van der Waals surface area (Å²) in [4.78, 5) is 14.6. The second-order valence-corrected chi connectivity index (χ2v) is 8.37. The van der Waals surface area contributed by atoms with Crippen LogP contribution in [0.3, 0.4) is 0 Å². The molecule has 8 nitrogen and oxygen atoms in total. The Balaban J connectivity index is 1.64. The molecule has 1 aromatic heterocycles. The summed E-state index contributed by atoms with van der Waals surface area (Å²) in [6, 6.07) is 14.9. The van der Waals surface area contributed by atoms with Crippen molar-refractivity contribution in [2.75, 3.05) is 11.6 Å². The minimum Gasteiger partial charge on any atom is -0.489 e. The summed E-state index contributed by atoms with van der Waals surface area (Å²) in [7, 11) is -3.52. The summed E-state index contributed by atoms with van der Waals surface area (Å²) >= 11 is 0. The van der Waals surface area contributed by atoms with E-state index in [4.69, 9.17) is 4.74 Å². The van der Waals surface area contributed by atoms with Crippen LogP contribution in [0.1, 0.15) is 11.1 Å². The maximum atomic E-state index is 11.6. The molecule has 3 aromatic rings. The van der Waals surface area contributed by atoms with E-state index in [9.17, 15) is 18.5 Å². The smallest absolute Gasteiger partial charge is 0.293 e. The number of rotatable bonds is 8. The molecule has 0 unspecified atom stereocenters. The second-order valence-electron chi connectivity index (χ2n) is 6.36. The Morgan fingerprint density at radius 1 is 1.10 bits per heavy atom. The van der Waals surface area contributed by atoms with Gasteiger partial charge in [-0.25, -0.2) is 8.42 Å². The van der Waals surface area contributed by atoms with Crippen molar-refractivity contribution in [3.63, 3.8) is 0 Å². The molecule has 1 N–H and O–H groups in total. The first kappa shape index (κ1) is 20.3. The fraction of sp³-hybridized carbons (Fsp3) is 0.150. The topological polar surface area (TPSA) is 111 Å². The number of hydrogen-bond acceptors (Lipinski definition) is 7. The first-order chi connectivity index (χ1) is 13.8. The van der Waals surface area contributed by atoms with Crippen LogP contribution in [-0.2, 0) is 23.0 Å². The van der Waals surface area contributed by atoms with Gasteiger partial charge in [0.15, 0.2) is 9.84 Å². The van der Waals surface area contributed by atoms with E-state index in [0.717, 1.165) is 23.4 Å². The van der Waals surface area contributed by atoms with Crippen LogP contribution >= 0.6 is 0 Å². The van der Waals surface area contributed by atoms with E-state index in [2.05, 4.69) is 10.3 Å². The number of nitro groups is 1. The van der Waals surface area contributed by atoms with Crippen molar-refractivity contribution in [3.8, 4) is 5.75 Å². The van der Waals surface area contributed by atoms with Crippen molar-refractivity contribution >= 4 is 21.2 Å². The number of nitro benzene ring substituents is 1. The van der Waals surface area contributed by atoms with Crippen molar-refractivity contribution in [3.05, 3.63) is 88.2 Å². The minimum atomic E-state index is -3.52. The SMILES string of the molecule is CS(=O)(=O)c1ccc(NCc2ccc(OCc3cccnc3)cc2)c([N+](=O)[O-])c1. The van der Waals surface area contributed by atoms with Gasteiger partial charge in [0, 0.05) is 36.8 Å². The van der Waals surface area contributed by atoms with Gasteiger partial charge in [-0.05, 0) is 35.9 Å². The van der Waals surface area contributed by atoms with Gasteiger partial charge >= 0.3 is 0 Å². The number of anilines is 1. The molecule has 0 atom stereocenters. The quantitative estimate of drug-likeness (QED) is 0.444. The molecule has 0 aliphatic heterocycles. The van der Waals surface area contributed by atoms with E-state index in [1.807, 2.05) is 36.4 Å². The maximum absolute atomic E-state index is 11.6. The van der Waals surface area contributed by atoms with Crippen LogP contribution in [0.25, 0.3) is 0 Å². The number of nitrogens with one attached hydrogen (secondary N) is 1. The van der Waals surface area contributed by atoms with Crippen LogP contribution < -0.4 is 10.1 Å². The summed E-state index contributed by atoms with van der Waals surface area (Å²) in [5.41, 5.74) is 1.81. The lowest BCUT2D eigenvalue weighted by molar-refractivity contribution is -0.384. The van der Waals surface area contributed by atoms with Crippen LogP contribution in [0.4, 0.5) is 11.4 Å². The molecule has 1 heterocycles. The Bertz CT molecular complexity index is 1100.